The molecule has 1 N–H and O–H groups in total. The molecule has 0 spiro atoms. The number of hydrogen-bond acceptors (Lipinski definition) is 3. The minimum atomic E-state index is 0.126. The Morgan fingerprint density at radius 3 is 2.45 bits per heavy atom. The van der Waals surface area contributed by atoms with Gasteiger partial charge in [-0.3, -0.25) is 9.59 Å². The first-order chi connectivity index (χ1) is 10.6. The highest BCUT2D eigenvalue weighted by Gasteiger charge is 2.24. The molecule has 1 aliphatic heterocycles. The van der Waals surface area contributed by atoms with Gasteiger partial charge in [-0.05, 0) is 45.2 Å². The Labute approximate surface area is 135 Å². The van der Waals surface area contributed by atoms with Crippen LogP contribution in [0.25, 0.3) is 0 Å². The molecule has 0 radical (unpaired) electrons. The number of piperidine rings is 1. The molecule has 1 aliphatic rings. The SMILES string of the molecule is CCCN(CCC)C(=O)CCC(=O)N1CCCC(CNC)C1. The lowest BCUT2D eigenvalue weighted by Crippen LogP contribution is -2.43. The average Bonchev–Trinajstić information content (AvgIpc) is 2.52. The van der Waals surface area contributed by atoms with Gasteiger partial charge >= 0.3 is 0 Å². The highest BCUT2D eigenvalue weighted by Crippen LogP contribution is 2.17. The van der Waals surface area contributed by atoms with Gasteiger partial charge in [-0.1, -0.05) is 13.8 Å². The molecule has 5 heteroatoms. The van der Waals surface area contributed by atoms with Gasteiger partial charge < -0.3 is 15.1 Å². The van der Waals surface area contributed by atoms with Crippen LogP contribution in [0.3, 0.4) is 0 Å². The molecule has 128 valence electrons. The third-order valence-electron chi connectivity index (χ3n) is 4.26. The van der Waals surface area contributed by atoms with E-state index in [1.54, 1.807) is 0 Å². The molecule has 1 fully saturated rings. The molecule has 5 nitrogen and oxygen atoms in total. The molecule has 0 aromatic rings. The molecule has 0 aromatic heterocycles. The maximum atomic E-state index is 12.3. The molecule has 0 aromatic carbocycles. The van der Waals surface area contributed by atoms with Gasteiger partial charge in [-0.2, -0.15) is 0 Å². The summed E-state index contributed by atoms with van der Waals surface area (Å²) in [4.78, 5) is 28.4. The second kappa shape index (κ2) is 10.6. The average molecular weight is 311 g/mol. The van der Waals surface area contributed by atoms with Crippen molar-refractivity contribution in [3.8, 4) is 0 Å². The predicted octanol–water partition coefficient (Wildman–Crippen LogP) is 1.87. The normalized spacial score (nSPS) is 18.3. The lowest BCUT2D eigenvalue weighted by atomic mass is 9.97. The Kier molecular flexibility index (Phi) is 9.13. The molecule has 1 unspecified atom stereocenters. The number of nitrogens with one attached hydrogen (secondary N) is 1. The summed E-state index contributed by atoms with van der Waals surface area (Å²) in [6, 6.07) is 0. The van der Waals surface area contributed by atoms with Crippen molar-refractivity contribution >= 4 is 11.8 Å². The van der Waals surface area contributed by atoms with E-state index >= 15 is 0 Å². The van der Waals surface area contributed by atoms with Crippen molar-refractivity contribution in [1.82, 2.24) is 15.1 Å². The summed E-state index contributed by atoms with van der Waals surface area (Å²) in [5.41, 5.74) is 0. The minimum Gasteiger partial charge on any atom is -0.343 e. The van der Waals surface area contributed by atoms with E-state index in [2.05, 4.69) is 19.2 Å². The number of carbonyl (C=O) groups excluding carboxylic acids is 2. The molecule has 1 heterocycles. The first kappa shape index (κ1) is 18.9. The van der Waals surface area contributed by atoms with Crippen molar-refractivity contribution in [1.29, 1.82) is 0 Å². The van der Waals surface area contributed by atoms with Crippen LogP contribution in [0.4, 0.5) is 0 Å². The molecule has 2 amide bonds. The van der Waals surface area contributed by atoms with Gasteiger partial charge in [0.05, 0.1) is 0 Å². The Balaban J connectivity index is 2.39. The van der Waals surface area contributed by atoms with Gasteiger partial charge in [0.15, 0.2) is 0 Å². The molecule has 1 rings (SSSR count). The predicted molar refractivity (Wildman–Crippen MR) is 89.6 cm³/mol. The number of amides is 2. The van der Waals surface area contributed by atoms with Crippen LogP contribution in [0.15, 0.2) is 0 Å². The standard InChI is InChI=1S/C17H33N3O2/c1-4-10-19(11-5-2)16(21)8-9-17(22)20-12-6-7-15(14-20)13-18-3/h15,18H,4-14H2,1-3H3. The summed E-state index contributed by atoms with van der Waals surface area (Å²) in [6.07, 6.45) is 4.91. The zero-order chi connectivity index (χ0) is 16.4. The molecule has 0 aliphatic carbocycles. The molecule has 0 bridgehead atoms. The van der Waals surface area contributed by atoms with Gasteiger partial charge in [0, 0.05) is 39.0 Å². The maximum Gasteiger partial charge on any atom is 0.223 e. The summed E-state index contributed by atoms with van der Waals surface area (Å²) in [5, 5.41) is 3.19. The Morgan fingerprint density at radius 2 is 1.86 bits per heavy atom. The van der Waals surface area contributed by atoms with Gasteiger partial charge in [0.25, 0.3) is 0 Å². The maximum absolute atomic E-state index is 12.3. The number of likely N-dealkylation sites (tertiary alicyclic amines) is 1. The fourth-order valence-electron chi connectivity index (χ4n) is 3.18. The van der Waals surface area contributed by atoms with Crippen LogP contribution in [0.1, 0.15) is 52.4 Å². The van der Waals surface area contributed by atoms with Gasteiger partial charge in [-0.25, -0.2) is 0 Å². The molecular formula is C17H33N3O2. The van der Waals surface area contributed by atoms with E-state index in [1.807, 2.05) is 16.8 Å². The Hall–Kier alpha value is -1.10. The van der Waals surface area contributed by atoms with Crippen LogP contribution < -0.4 is 5.32 Å². The zero-order valence-corrected chi connectivity index (χ0v) is 14.6. The summed E-state index contributed by atoms with van der Waals surface area (Å²) < 4.78 is 0. The Bertz CT molecular complexity index is 339. The van der Waals surface area contributed by atoms with E-state index < -0.39 is 0 Å². The first-order valence-electron chi connectivity index (χ1n) is 8.82. The number of rotatable bonds is 9. The highest BCUT2D eigenvalue weighted by atomic mass is 16.2. The molecule has 22 heavy (non-hydrogen) atoms. The monoisotopic (exact) mass is 311 g/mol. The topological polar surface area (TPSA) is 52.7 Å². The van der Waals surface area contributed by atoms with Crippen molar-refractivity contribution in [2.24, 2.45) is 5.92 Å². The van der Waals surface area contributed by atoms with Crippen LogP contribution in [0, 0.1) is 5.92 Å². The quantitative estimate of drug-likeness (QED) is 0.707. The van der Waals surface area contributed by atoms with E-state index in [9.17, 15) is 9.59 Å². The number of nitrogens with zero attached hydrogens (tertiary/aromatic N) is 2. The summed E-state index contributed by atoms with van der Waals surface area (Å²) in [7, 11) is 1.95. The van der Waals surface area contributed by atoms with Crippen molar-refractivity contribution in [2.45, 2.75) is 52.4 Å². The van der Waals surface area contributed by atoms with Crippen molar-refractivity contribution in [3.63, 3.8) is 0 Å². The first-order valence-corrected chi connectivity index (χ1v) is 8.82. The molecule has 1 atom stereocenters. The zero-order valence-electron chi connectivity index (χ0n) is 14.6. The van der Waals surface area contributed by atoms with E-state index in [-0.39, 0.29) is 11.8 Å². The van der Waals surface area contributed by atoms with E-state index in [1.165, 1.54) is 6.42 Å². The van der Waals surface area contributed by atoms with Crippen LogP contribution in [0.5, 0.6) is 0 Å². The van der Waals surface area contributed by atoms with Crippen LogP contribution in [-0.4, -0.2) is 61.4 Å². The van der Waals surface area contributed by atoms with Crippen LogP contribution >= 0.6 is 0 Å². The molecular weight excluding hydrogens is 278 g/mol. The van der Waals surface area contributed by atoms with E-state index in [0.29, 0.717) is 18.8 Å². The lowest BCUT2D eigenvalue weighted by Gasteiger charge is -2.33. The van der Waals surface area contributed by atoms with Gasteiger partial charge in [0.2, 0.25) is 11.8 Å². The fourth-order valence-corrected chi connectivity index (χ4v) is 3.18. The van der Waals surface area contributed by atoms with Gasteiger partial charge in [-0.15, -0.1) is 0 Å². The highest BCUT2D eigenvalue weighted by molar-refractivity contribution is 5.83. The summed E-state index contributed by atoms with van der Waals surface area (Å²) in [5.74, 6) is 0.818. The third-order valence-corrected chi connectivity index (χ3v) is 4.26. The number of hydrogen-bond donors (Lipinski definition) is 1. The second-order valence-corrected chi connectivity index (χ2v) is 6.29. The summed E-state index contributed by atoms with van der Waals surface area (Å²) in [6.45, 7) is 8.41. The number of carbonyl (C=O) groups is 2. The van der Waals surface area contributed by atoms with Crippen molar-refractivity contribution in [2.75, 3.05) is 39.8 Å². The molecule has 1 saturated heterocycles. The van der Waals surface area contributed by atoms with E-state index in [0.717, 1.165) is 52.0 Å². The fraction of sp³-hybridized carbons (Fsp3) is 0.882. The minimum absolute atomic E-state index is 0.126. The lowest BCUT2D eigenvalue weighted by molar-refractivity contribution is -0.138. The van der Waals surface area contributed by atoms with Gasteiger partial charge in [0.1, 0.15) is 0 Å². The second-order valence-electron chi connectivity index (χ2n) is 6.29. The smallest absolute Gasteiger partial charge is 0.223 e. The van der Waals surface area contributed by atoms with Crippen molar-refractivity contribution < 1.29 is 9.59 Å². The third kappa shape index (κ3) is 6.34. The van der Waals surface area contributed by atoms with E-state index in [4.69, 9.17) is 0 Å². The largest absolute Gasteiger partial charge is 0.343 e. The molecule has 0 saturated carbocycles. The van der Waals surface area contributed by atoms with Crippen LogP contribution in [-0.2, 0) is 9.59 Å². The van der Waals surface area contributed by atoms with Crippen molar-refractivity contribution in [3.05, 3.63) is 0 Å². The Morgan fingerprint density at radius 1 is 1.18 bits per heavy atom. The van der Waals surface area contributed by atoms with Crippen LogP contribution in [0.2, 0.25) is 0 Å². The summed E-state index contributed by atoms with van der Waals surface area (Å²) >= 11 is 0.